The van der Waals surface area contributed by atoms with Crippen molar-refractivity contribution in [1.82, 2.24) is 35.6 Å². The van der Waals surface area contributed by atoms with Crippen LogP contribution in [0.15, 0.2) is 41.2 Å². The lowest BCUT2D eigenvalue weighted by Crippen LogP contribution is -2.45. The van der Waals surface area contributed by atoms with E-state index in [4.69, 9.17) is 9.15 Å². The molecule has 4 heterocycles. The van der Waals surface area contributed by atoms with E-state index in [1.54, 1.807) is 25.7 Å². The topological polar surface area (TPSA) is 131 Å². The zero-order valence-corrected chi connectivity index (χ0v) is 17.4. The van der Waals surface area contributed by atoms with Crippen molar-refractivity contribution >= 4 is 12.0 Å². The molecule has 1 aromatic carbocycles. The second-order valence-electron chi connectivity index (χ2n) is 8.07. The van der Waals surface area contributed by atoms with Crippen molar-refractivity contribution in [2.75, 3.05) is 30.4 Å². The summed E-state index contributed by atoms with van der Waals surface area (Å²) in [5.41, 5.74) is 4.26. The number of benzene rings is 1. The molecule has 0 spiro atoms. The van der Waals surface area contributed by atoms with Gasteiger partial charge in [0, 0.05) is 37.4 Å². The Balaban J connectivity index is 1.08. The highest BCUT2D eigenvalue weighted by Gasteiger charge is 2.33. The number of methoxy groups -OCH3 is 1. The Bertz CT molecular complexity index is 1220. The molecular formula is C21H21N9O2. The lowest BCUT2D eigenvalue weighted by Gasteiger charge is -2.36. The van der Waals surface area contributed by atoms with E-state index in [9.17, 15) is 0 Å². The Labute approximate surface area is 183 Å². The summed E-state index contributed by atoms with van der Waals surface area (Å²) < 4.78 is 11.1. The van der Waals surface area contributed by atoms with Crippen LogP contribution in [0.4, 0.5) is 12.0 Å². The smallest absolute Gasteiger partial charge is 0.318 e. The molecule has 2 aliphatic rings. The molecule has 3 aromatic heterocycles. The summed E-state index contributed by atoms with van der Waals surface area (Å²) >= 11 is 0. The first-order valence-corrected chi connectivity index (χ1v) is 10.4. The van der Waals surface area contributed by atoms with Crippen LogP contribution in [-0.2, 0) is 12.8 Å². The molecule has 1 aliphatic carbocycles. The minimum absolute atomic E-state index is 0.252. The molecule has 0 bridgehead atoms. The number of rotatable bonds is 6. The van der Waals surface area contributed by atoms with Crippen molar-refractivity contribution in [2.45, 2.75) is 24.8 Å². The number of H-pyrrole nitrogens is 1. The Morgan fingerprint density at radius 3 is 2.72 bits per heavy atom. The molecule has 0 saturated carbocycles. The normalized spacial score (nSPS) is 17.8. The highest BCUT2D eigenvalue weighted by atomic mass is 16.5. The SMILES string of the molecule is COc1ccc2c(c1)CC(Nc1ncc(-c3nnc(N4CC(c5cn[nH]n5)C4)o3)cn1)C2. The molecule has 6 rings (SSSR count). The third-order valence-corrected chi connectivity index (χ3v) is 6.00. The van der Waals surface area contributed by atoms with Crippen molar-refractivity contribution in [2.24, 2.45) is 0 Å². The van der Waals surface area contributed by atoms with E-state index < -0.39 is 0 Å². The summed E-state index contributed by atoms with van der Waals surface area (Å²) in [4.78, 5) is 10.9. The van der Waals surface area contributed by atoms with Gasteiger partial charge in [0.2, 0.25) is 5.95 Å². The first-order chi connectivity index (χ1) is 15.7. The van der Waals surface area contributed by atoms with Crippen LogP contribution in [0.5, 0.6) is 5.75 Å². The predicted octanol–water partition coefficient (Wildman–Crippen LogP) is 1.84. The van der Waals surface area contributed by atoms with Gasteiger partial charge in [-0.2, -0.15) is 15.4 Å². The van der Waals surface area contributed by atoms with E-state index in [0.717, 1.165) is 37.4 Å². The van der Waals surface area contributed by atoms with E-state index >= 15 is 0 Å². The molecule has 1 aliphatic heterocycles. The molecule has 2 N–H and O–H groups in total. The molecule has 0 radical (unpaired) electrons. The Kier molecular flexibility index (Phi) is 4.44. The minimum atomic E-state index is 0.252. The fourth-order valence-corrected chi connectivity index (χ4v) is 4.21. The monoisotopic (exact) mass is 431 g/mol. The molecule has 1 fully saturated rings. The number of nitrogens with zero attached hydrogens (tertiary/aromatic N) is 7. The summed E-state index contributed by atoms with van der Waals surface area (Å²) in [5.74, 6) is 2.18. The largest absolute Gasteiger partial charge is 0.497 e. The minimum Gasteiger partial charge on any atom is -0.497 e. The molecule has 11 nitrogen and oxygen atoms in total. The van der Waals surface area contributed by atoms with Crippen LogP contribution in [-0.4, -0.2) is 61.8 Å². The molecule has 4 aromatic rings. The lowest BCUT2D eigenvalue weighted by molar-refractivity contribution is 0.414. The standard InChI is InChI=1S/C21H21N9O2/c1-31-17-3-2-12-4-16(5-13(12)6-17)25-20-22-7-14(8-23-20)19-27-28-21(32-19)30-10-15(11-30)18-9-24-29-26-18/h2-3,6-9,15-16H,4-5,10-11H2,1H3,(H,22,23,25)(H,24,26,29). The maximum atomic E-state index is 5.82. The maximum absolute atomic E-state index is 5.82. The summed E-state index contributed by atoms with van der Waals surface area (Å²) in [5, 5.41) is 22.3. The van der Waals surface area contributed by atoms with Gasteiger partial charge < -0.3 is 19.4 Å². The number of aromatic amines is 1. The van der Waals surface area contributed by atoms with Gasteiger partial charge in [-0.05, 0) is 36.1 Å². The van der Waals surface area contributed by atoms with Gasteiger partial charge in [-0.1, -0.05) is 11.2 Å². The quantitative estimate of drug-likeness (QED) is 0.466. The third-order valence-electron chi connectivity index (χ3n) is 6.00. The molecule has 1 unspecified atom stereocenters. The molecule has 162 valence electrons. The third kappa shape index (κ3) is 3.41. The lowest BCUT2D eigenvalue weighted by atomic mass is 9.98. The first kappa shape index (κ1) is 18.7. The van der Waals surface area contributed by atoms with Gasteiger partial charge in [0.05, 0.1) is 24.6 Å². The van der Waals surface area contributed by atoms with E-state index in [1.165, 1.54) is 11.1 Å². The number of fused-ring (bicyclic) bond motifs is 1. The van der Waals surface area contributed by atoms with E-state index in [2.05, 4.69) is 53.0 Å². The highest BCUT2D eigenvalue weighted by Crippen LogP contribution is 2.31. The summed E-state index contributed by atoms with van der Waals surface area (Å²) in [6.45, 7) is 1.53. The highest BCUT2D eigenvalue weighted by molar-refractivity contribution is 5.52. The van der Waals surface area contributed by atoms with Crippen LogP contribution in [0.2, 0.25) is 0 Å². The second-order valence-corrected chi connectivity index (χ2v) is 8.07. The van der Waals surface area contributed by atoms with Crippen molar-refractivity contribution in [1.29, 1.82) is 0 Å². The Morgan fingerprint density at radius 1 is 1.09 bits per heavy atom. The van der Waals surface area contributed by atoms with Crippen molar-refractivity contribution in [3.05, 3.63) is 53.6 Å². The number of nitrogens with one attached hydrogen (secondary N) is 2. The number of anilines is 2. The van der Waals surface area contributed by atoms with Gasteiger partial charge in [-0.15, -0.1) is 5.10 Å². The van der Waals surface area contributed by atoms with Crippen molar-refractivity contribution < 1.29 is 9.15 Å². The predicted molar refractivity (Wildman–Crippen MR) is 114 cm³/mol. The zero-order chi connectivity index (χ0) is 21.5. The number of hydrogen-bond acceptors (Lipinski definition) is 10. The fourth-order valence-electron chi connectivity index (χ4n) is 4.21. The maximum Gasteiger partial charge on any atom is 0.318 e. The van der Waals surface area contributed by atoms with Gasteiger partial charge >= 0.3 is 6.01 Å². The average Bonchev–Trinajstić information content (AvgIpc) is 3.54. The zero-order valence-electron chi connectivity index (χ0n) is 17.4. The number of aromatic nitrogens is 7. The van der Waals surface area contributed by atoms with Crippen LogP contribution >= 0.6 is 0 Å². The summed E-state index contributed by atoms with van der Waals surface area (Å²) in [6.07, 6.45) is 6.99. The van der Waals surface area contributed by atoms with Crippen LogP contribution in [0, 0.1) is 0 Å². The number of ether oxygens (including phenoxy) is 1. The van der Waals surface area contributed by atoms with E-state index in [-0.39, 0.29) is 6.04 Å². The van der Waals surface area contributed by atoms with Crippen LogP contribution in [0.3, 0.4) is 0 Å². The molecule has 11 heteroatoms. The van der Waals surface area contributed by atoms with E-state index in [1.807, 2.05) is 11.0 Å². The Morgan fingerprint density at radius 2 is 1.94 bits per heavy atom. The van der Waals surface area contributed by atoms with Gasteiger partial charge in [0.1, 0.15) is 5.75 Å². The molecular weight excluding hydrogens is 410 g/mol. The van der Waals surface area contributed by atoms with Crippen molar-refractivity contribution in [3.63, 3.8) is 0 Å². The van der Waals surface area contributed by atoms with Crippen LogP contribution in [0.1, 0.15) is 22.7 Å². The van der Waals surface area contributed by atoms with Crippen LogP contribution in [0.25, 0.3) is 11.5 Å². The first-order valence-electron chi connectivity index (χ1n) is 10.4. The molecule has 32 heavy (non-hydrogen) atoms. The second kappa shape index (κ2) is 7.59. The van der Waals surface area contributed by atoms with Crippen LogP contribution < -0.4 is 15.0 Å². The van der Waals surface area contributed by atoms with Crippen molar-refractivity contribution in [3.8, 4) is 17.2 Å². The molecule has 1 saturated heterocycles. The summed E-state index contributed by atoms with van der Waals surface area (Å²) in [7, 11) is 1.69. The van der Waals surface area contributed by atoms with Gasteiger partial charge in [0.15, 0.2) is 0 Å². The molecule has 1 atom stereocenters. The van der Waals surface area contributed by atoms with Gasteiger partial charge in [0.25, 0.3) is 5.89 Å². The van der Waals surface area contributed by atoms with Gasteiger partial charge in [-0.3, -0.25) is 0 Å². The average molecular weight is 431 g/mol. The summed E-state index contributed by atoms with van der Waals surface area (Å²) in [6, 6.07) is 6.96. The van der Waals surface area contributed by atoms with Gasteiger partial charge in [-0.25, -0.2) is 9.97 Å². The fraction of sp³-hybridized carbons (Fsp3) is 0.333. The molecule has 0 amide bonds. The van der Waals surface area contributed by atoms with E-state index in [0.29, 0.717) is 29.3 Å². The Hall–Kier alpha value is -4.02. The number of hydrogen-bond donors (Lipinski definition) is 2.